The second kappa shape index (κ2) is 6.09. The smallest absolute Gasteiger partial charge is 0.319 e. The first-order chi connectivity index (χ1) is 9.09. The second-order valence-corrected chi connectivity index (χ2v) is 5.86. The summed E-state index contributed by atoms with van der Waals surface area (Å²) in [5.41, 5.74) is 6.50. The number of para-hydroxylation sites is 1. The van der Waals surface area contributed by atoms with Crippen molar-refractivity contribution in [3.05, 3.63) is 30.3 Å². The van der Waals surface area contributed by atoms with E-state index in [9.17, 15) is 4.79 Å². The number of urea groups is 1. The standard InChI is InChI=1S/C16H24N2O/c1-12(2)13-8-10-15(11-9-13)18(16(17)19)14-6-4-3-5-7-14/h3-7,12-13,15H,8-11H2,1-2H3,(H2,17,19). The van der Waals surface area contributed by atoms with Gasteiger partial charge in [-0.15, -0.1) is 0 Å². The molecule has 2 rings (SSSR count). The first-order valence-corrected chi connectivity index (χ1v) is 7.23. The minimum absolute atomic E-state index is 0.259. The van der Waals surface area contributed by atoms with Gasteiger partial charge < -0.3 is 5.73 Å². The SMILES string of the molecule is CC(C)C1CCC(N(C(N)=O)c2ccccc2)CC1. The van der Waals surface area contributed by atoms with Crippen LogP contribution in [-0.2, 0) is 0 Å². The quantitative estimate of drug-likeness (QED) is 0.883. The van der Waals surface area contributed by atoms with E-state index in [0.29, 0.717) is 0 Å². The number of nitrogens with zero attached hydrogens (tertiary/aromatic N) is 1. The summed E-state index contributed by atoms with van der Waals surface area (Å²) in [6, 6.07) is 9.70. The van der Waals surface area contributed by atoms with Crippen LogP contribution < -0.4 is 10.6 Å². The Hall–Kier alpha value is -1.51. The van der Waals surface area contributed by atoms with Crippen LogP contribution in [0.1, 0.15) is 39.5 Å². The van der Waals surface area contributed by atoms with Crippen molar-refractivity contribution in [1.82, 2.24) is 0 Å². The Morgan fingerprint density at radius 3 is 2.21 bits per heavy atom. The number of primary amides is 1. The monoisotopic (exact) mass is 260 g/mol. The number of carbonyl (C=O) groups excluding carboxylic acids is 1. The van der Waals surface area contributed by atoms with Gasteiger partial charge in [-0.2, -0.15) is 0 Å². The highest BCUT2D eigenvalue weighted by Crippen LogP contribution is 2.33. The number of nitrogens with two attached hydrogens (primary N) is 1. The van der Waals surface area contributed by atoms with Crippen molar-refractivity contribution >= 4 is 11.7 Å². The maximum Gasteiger partial charge on any atom is 0.319 e. The van der Waals surface area contributed by atoms with Gasteiger partial charge in [0.15, 0.2) is 0 Å². The number of hydrogen-bond donors (Lipinski definition) is 1. The Morgan fingerprint density at radius 2 is 1.74 bits per heavy atom. The van der Waals surface area contributed by atoms with E-state index >= 15 is 0 Å². The van der Waals surface area contributed by atoms with Crippen LogP contribution in [0.4, 0.5) is 10.5 Å². The van der Waals surface area contributed by atoms with Crippen molar-refractivity contribution in [3.63, 3.8) is 0 Å². The minimum Gasteiger partial charge on any atom is -0.351 e. The van der Waals surface area contributed by atoms with Crippen LogP contribution in [0.2, 0.25) is 0 Å². The lowest BCUT2D eigenvalue weighted by atomic mass is 9.79. The van der Waals surface area contributed by atoms with E-state index in [2.05, 4.69) is 13.8 Å². The summed E-state index contributed by atoms with van der Waals surface area (Å²) < 4.78 is 0. The Kier molecular flexibility index (Phi) is 4.46. The highest BCUT2D eigenvalue weighted by molar-refractivity contribution is 5.91. The van der Waals surface area contributed by atoms with Gasteiger partial charge in [0.1, 0.15) is 0 Å². The summed E-state index contributed by atoms with van der Waals surface area (Å²) in [5, 5.41) is 0. The van der Waals surface area contributed by atoms with Crippen molar-refractivity contribution in [2.75, 3.05) is 4.90 Å². The molecule has 0 heterocycles. The molecule has 0 saturated heterocycles. The van der Waals surface area contributed by atoms with Gasteiger partial charge >= 0.3 is 6.03 Å². The Labute approximate surface area is 115 Å². The van der Waals surface area contributed by atoms with Gasteiger partial charge in [0.05, 0.1) is 0 Å². The number of amides is 2. The third-order valence-electron chi connectivity index (χ3n) is 4.32. The van der Waals surface area contributed by atoms with E-state index in [1.165, 1.54) is 12.8 Å². The highest BCUT2D eigenvalue weighted by Gasteiger charge is 2.29. The van der Waals surface area contributed by atoms with Crippen LogP contribution in [-0.4, -0.2) is 12.1 Å². The molecule has 0 spiro atoms. The lowest BCUT2D eigenvalue weighted by molar-refractivity contribution is 0.234. The third kappa shape index (κ3) is 3.28. The zero-order valence-electron chi connectivity index (χ0n) is 11.9. The molecule has 19 heavy (non-hydrogen) atoms. The van der Waals surface area contributed by atoms with E-state index in [4.69, 9.17) is 5.73 Å². The van der Waals surface area contributed by atoms with Crippen molar-refractivity contribution in [2.24, 2.45) is 17.6 Å². The van der Waals surface area contributed by atoms with Crippen LogP contribution in [0.3, 0.4) is 0 Å². The number of hydrogen-bond acceptors (Lipinski definition) is 1. The summed E-state index contributed by atoms with van der Waals surface area (Å²) in [6.07, 6.45) is 4.50. The Morgan fingerprint density at radius 1 is 1.16 bits per heavy atom. The van der Waals surface area contributed by atoms with Gasteiger partial charge in [0.25, 0.3) is 0 Å². The zero-order valence-corrected chi connectivity index (χ0v) is 11.9. The predicted octanol–water partition coefficient (Wildman–Crippen LogP) is 3.79. The normalized spacial score (nSPS) is 23.3. The average molecular weight is 260 g/mol. The maximum absolute atomic E-state index is 11.8. The molecular weight excluding hydrogens is 236 g/mol. The number of benzene rings is 1. The molecule has 3 nitrogen and oxygen atoms in total. The van der Waals surface area contributed by atoms with E-state index in [1.807, 2.05) is 30.3 Å². The van der Waals surface area contributed by atoms with Gasteiger partial charge in [0.2, 0.25) is 0 Å². The molecule has 1 saturated carbocycles. The van der Waals surface area contributed by atoms with Crippen LogP contribution in [0.5, 0.6) is 0 Å². The zero-order chi connectivity index (χ0) is 13.8. The molecule has 1 aromatic rings. The molecular formula is C16H24N2O. The van der Waals surface area contributed by atoms with Crippen molar-refractivity contribution in [2.45, 2.75) is 45.6 Å². The topological polar surface area (TPSA) is 46.3 Å². The third-order valence-corrected chi connectivity index (χ3v) is 4.32. The van der Waals surface area contributed by atoms with Crippen molar-refractivity contribution in [1.29, 1.82) is 0 Å². The number of anilines is 1. The largest absolute Gasteiger partial charge is 0.351 e. The average Bonchev–Trinajstić information content (AvgIpc) is 2.40. The fourth-order valence-electron chi connectivity index (χ4n) is 3.13. The number of rotatable bonds is 3. The van der Waals surface area contributed by atoms with Gasteiger partial charge in [-0.1, -0.05) is 32.0 Å². The molecule has 3 heteroatoms. The lowest BCUT2D eigenvalue weighted by Crippen LogP contribution is -2.45. The van der Waals surface area contributed by atoms with Gasteiger partial charge in [-0.25, -0.2) is 4.79 Å². The molecule has 0 unspecified atom stereocenters. The molecule has 1 fully saturated rings. The molecule has 0 bridgehead atoms. The molecule has 1 aliphatic carbocycles. The van der Waals surface area contributed by atoms with E-state index in [0.717, 1.165) is 30.4 Å². The van der Waals surface area contributed by atoms with Gasteiger partial charge in [-0.05, 0) is 49.7 Å². The fraction of sp³-hybridized carbons (Fsp3) is 0.562. The van der Waals surface area contributed by atoms with Gasteiger partial charge in [-0.3, -0.25) is 4.90 Å². The summed E-state index contributed by atoms with van der Waals surface area (Å²) in [7, 11) is 0. The molecule has 2 N–H and O–H groups in total. The Bertz CT molecular complexity index is 408. The maximum atomic E-state index is 11.8. The molecule has 104 valence electrons. The second-order valence-electron chi connectivity index (χ2n) is 5.86. The summed E-state index contributed by atoms with van der Waals surface area (Å²) in [4.78, 5) is 13.5. The Balaban J connectivity index is 2.08. The summed E-state index contributed by atoms with van der Waals surface area (Å²) in [5.74, 6) is 1.53. The number of carbonyl (C=O) groups is 1. The van der Waals surface area contributed by atoms with E-state index in [1.54, 1.807) is 4.90 Å². The molecule has 0 aromatic heterocycles. The van der Waals surface area contributed by atoms with Crippen LogP contribution >= 0.6 is 0 Å². The van der Waals surface area contributed by atoms with Crippen molar-refractivity contribution in [3.8, 4) is 0 Å². The molecule has 2 amide bonds. The summed E-state index contributed by atoms with van der Waals surface area (Å²) in [6.45, 7) is 4.57. The molecule has 0 radical (unpaired) electrons. The van der Waals surface area contributed by atoms with E-state index < -0.39 is 0 Å². The van der Waals surface area contributed by atoms with Crippen LogP contribution in [0, 0.1) is 11.8 Å². The first kappa shape index (κ1) is 13.9. The van der Waals surface area contributed by atoms with Crippen LogP contribution in [0.25, 0.3) is 0 Å². The summed E-state index contributed by atoms with van der Waals surface area (Å²) >= 11 is 0. The van der Waals surface area contributed by atoms with Gasteiger partial charge in [0, 0.05) is 11.7 Å². The minimum atomic E-state index is -0.334. The van der Waals surface area contributed by atoms with Crippen LogP contribution in [0.15, 0.2) is 30.3 Å². The van der Waals surface area contributed by atoms with E-state index in [-0.39, 0.29) is 12.1 Å². The lowest BCUT2D eigenvalue weighted by Gasteiger charge is -2.37. The van der Waals surface area contributed by atoms with Crippen molar-refractivity contribution < 1.29 is 4.79 Å². The molecule has 1 aromatic carbocycles. The molecule has 0 aliphatic heterocycles. The molecule has 0 atom stereocenters. The first-order valence-electron chi connectivity index (χ1n) is 7.23. The molecule has 1 aliphatic rings. The highest BCUT2D eigenvalue weighted by atomic mass is 16.2. The predicted molar refractivity (Wildman–Crippen MR) is 79.1 cm³/mol. The fourth-order valence-corrected chi connectivity index (χ4v) is 3.13.